The van der Waals surface area contributed by atoms with Crippen LogP contribution in [0.25, 0.3) is 11.0 Å². The van der Waals surface area contributed by atoms with Gasteiger partial charge in [0.2, 0.25) is 0 Å². The smallest absolute Gasteiger partial charge is 0.328 e. The van der Waals surface area contributed by atoms with E-state index in [2.05, 4.69) is 4.98 Å². The molecule has 0 aliphatic carbocycles. The summed E-state index contributed by atoms with van der Waals surface area (Å²) in [5.74, 6) is -0.224. The first-order chi connectivity index (χ1) is 8.88. The molecule has 0 radical (unpaired) electrons. The minimum Gasteiger partial charge on any atom is -0.464 e. The van der Waals surface area contributed by atoms with Crippen LogP contribution in [-0.2, 0) is 9.53 Å². The van der Waals surface area contributed by atoms with Crippen molar-refractivity contribution in [2.24, 2.45) is 5.41 Å². The van der Waals surface area contributed by atoms with Gasteiger partial charge in [0.05, 0.1) is 24.0 Å². The van der Waals surface area contributed by atoms with Crippen molar-refractivity contribution in [3.05, 3.63) is 30.6 Å². The molecular weight excluding hydrogens is 240 g/mol. The van der Waals surface area contributed by atoms with E-state index in [-0.39, 0.29) is 17.4 Å². The predicted molar refractivity (Wildman–Crippen MR) is 74.9 cm³/mol. The van der Waals surface area contributed by atoms with Crippen LogP contribution in [-0.4, -0.2) is 22.1 Å². The van der Waals surface area contributed by atoms with Crippen LogP contribution in [0.3, 0.4) is 0 Å². The average molecular weight is 260 g/mol. The van der Waals surface area contributed by atoms with Crippen LogP contribution < -0.4 is 0 Å². The monoisotopic (exact) mass is 260 g/mol. The lowest BCUT2D eigenvalue weighted by atomic mass is 9.99. The van der Waals surface area contributed by atoms with Crippen LogP contribution in [0.4, 0.5) is 0 Å². The van der Waals surface area contributed by atoms with Crippen LogP contribution in [0.5, 0.6) is 0 Å². The first-order valence-corrected chi connectivity index (χ1v) is 6.47. The molecule has 0 amide bonds. The number of carbonyl (C=O) groups excluding carboxylic acids is 1. The Balaban J connectivity index is 2.15. The second-order valence-electron chi connectivity index (χ2n) is 5.98. The summed E-state index contributed by atoms with van der Waals surface area (Å²) >= 11 is 0. The minimum absolute atomic E-state index is 0.0214. The summed E-state index contributed by atoms with van der Waals surface area (Å²) in [7, 11) is 0. The van der Waals surface area contributed by atoms with Crippen molar-refractivity contribution in [1.82, 2.24) is 9.55 Å². The van der Waals surface area contributed by atoms with E-state index in [0.717, 1.165) is 11.0 Å². The van der Waals surface area contributed by atoms with E-state index in [0.29, 0.717) is 6.61 Å². The Bertz CT molecular complexity index is 581. The second kappa shape index (κ2) is 5.03. The molecular formula is C15H20N2O2. The summed E-state index contributed by atoms with van der Waals surface area (Å²) < 4.78 is 7.20. The molecule has 2 aromatic rings. The molecule has 0 saturated heterocycles. The maximum atomic E-state index is 12.1. The van der Waals surface area contributed by atoms with Gasteiger partial charge in [-0.3, -0.25) is 0 Å². The van der Waals surface area contributed by atoms with Gasteiger partial charge in [0.15, 0.2) is 0 Å². The summed E-state index contributed by atoms with van der Waals surface area (Å²) in [6.07, 6.45) is 1.69. The zero-order valence-electron chi connectivity index (χ0n) is 11.9. The third-order valence-electron chi connectivity index (χ3n) is 2.89. The van der Waals surface area contributed by atoms with Crippen molar-refractivity contribution < 1.29 is 9.53 Å². The standard InChI is InChI=1S/C15H20N2O2/c1-11(14(18)19-9-15(2,3)4)17-10-16-12-7-5-6-8-13(12)17/h5-8,10-11H,9H2,1-4H3/t11-/m1/s1. The van der Waals surface area contributed by atoms with Gasteiger partial charge in [-0.15, -0.1) is 0 Å². The molecule has 1 aromatic carbocycles. The molecule has 4 heteroatoms. The van der Waals surface area contributed by atoms with E-state index in [1.54, 1.807) is 6.33 Å². The Kier molecular flexibility index (Phi) is 3.60. The Labute approximate surface area is 113 Å². The number of benzene rings is 1. The van der Waals surface area contributed by atoms with Gasteiger partial charge in [0.1, 0.15) is 6.04 Å². The van der Waals surface area contributed by atoms with E-state index in [9.17, 15) is 4.79 Å². The van der Waals surface area contributed by atoms with Gasteiger partial charge < -0.3 is 9.30 Å². The van der Waals surface area contributed by atoms with Crippen LogP contribution in [0, 0.1) is 5.41 Å². The van der Waals surface area contributed by atoms with E-state index >= 15 is 0 Å². The molecule has 0 N–H and O–H groups in total. The summed E-state index contributed by atoms with van der Waals surface area (Å²) in [5, 5.41) is 0. The van der Waals surface area contributed by atoms with Crippen molar-refractivity contribution in [2.45, 2.75) is 33.7 Å². The van der Waals surface area contributed by atoms with Crippen molar-refractivity contribution in [3.8, 4) is 0 Å². The molecule has 0 aliphatic heterocycles. The van der Waals surface area contributed by atoms with Gasteiger partial charge in [-0.05, 0) is 24.5 Å². The van der Waals surface area contributed by atoms with E-state index < -0.39 is 0 Å². The molecule has 0 fully saturated rings. The Morgan fingerprint density at radius 2 is 2.05 bits per heavy atom. The van der Waals surface area contributed by atoms with Crippen molar-refractivity contribution in [2.75, 3.05) is 6.61 Å². The fourth-order valence-electron chi connectivity index (χ4n) is 1.81. The fraction of sp³-hybridized carbons (Fsp3) is 0.467. The van der Waals surface area contributed by atoms with E-state index in [1.165, 1.54) is 0 Å². The number of hydrogen-bond donors (Lipinski definition) is 0. The maximum Gasteiger partial charge on any atom is 0.328 e. The molecule has 0 spiro atoms. The summed E-state index contributed by atoms with van der Waals surface area (Å²) in [6.45, 7) is 8.37. The number of para-hydroxylation sites is 2. The zero-order valence-corrected chi connectivity index (χ0v) is 11.9. The molecule has 0 unspecified atom stereocenters. The van der Waals surface area contributed by atoms with Crippen molar-refractivity contribution >= 4 is 17.0 Å². The number of imidazole rings is 1. The van der Waals surface area contributed by atoms with Gasteiger partial charge in [-0.25, -0.2) is 9.78 Å². The van der Waals surface area contributed by atoms with Crippen molar-refractivity contribution in [3.63, 3.8) is 0 Å². The number of carbonyl (C=O) groups is 1. The Morgan fingerprint density at radius 3 is 2.74 bits per heavy atom. The summed E-state index contributed by atoms with van der Waals surface area (Å²) in [6, 6.07) is 7.39. The van der Waals surface area contributed by atoms with Gasteiger partial charge in [0.25, 0.3) is 0 Å². The number of fused-ring (bicyclic) bond motifs is 1. The van der Waals surface area contributed by atoms with Crippen molar-refractivity contribution in [1.29, 1.82) is 0 Å². The molecule has 2 rings (SSSR count). The molecule has 0 saturated carbocycles. The lowest BCUT2D eigenvalue weighted by Crippen LogP contribution is -2.24. The van der Waals surface area contributed by atoms with Crippen LogP contribution >= 0.6 is 0 Å². The average Bonchev–Trinajstić information content (AvgIpc) is 2.78. The van der Waals surface area contributed by atoms with Gasteiger partial charge >= 0.3 is 5.97 Å². The highest BCUT2D eigenvalue weighted by molar-refractivity contribution is 5.80. The number of nitrogens with zero attached hydrogens (tertiary/aromatic N) is 2. The molecule has 1 aromatic heterocycles. The van der Waals surface area contributed by atoms with E-state index in [1.807, 2.05) is 56.5 Å². The number of esters is 1. The summed E-state index contributed by atoms with van der Waals surface area (Å²) in [4.78, 5) is 16.3. The highest BCUT2D eigenvalue weighted by atomic mass is 16.5. The molecule has 0 aliphatic rings. The highest BCUT2D eigenvalue weighted by Crippen LogP contribution is 2.20. The Morgan fingerprint density at radius 1 is 1.37 bits per heavy atom. The maximum absolute atomic E-state index is 12.1. The number of ether oxygens (including phenoxy) is 1. The molecule has 1 atom stereocenters. The van der Waals surface area contributed by atoms with Crippen LogP contribution in [0.2, 0.25) is 0 Å². The number of rotatable bonds is 3. The fourth-order valence-corrected chi connectivity index (χ4v) is 1.81. The SMILES string of the molecule is C[C@H](C(=O)OCC(C)(C)C)n1cnc2ccccc21. The molecule has 0 bridgehead atoms. The first-order valence-electron chi connectivity index (χ1n) is 6.47. The highest BCUT2D eigenvalue weighted by Gasteiger charge is 2.21. The Hall–Kier alpha value is -1.84. The molecule has 19 heavy (non-hydrogen) atoms. The lowest BCUT2D eigenvalue weighted by molar-refractivity contribution is -0.149. The molecule has 1 heterocycles. The van der Waals surface area contributed by atoms with Crippen LogP contribution in [0.1, 0.15) is 33.7 Å². The predicted octanol–water partition coefficient (Wildman–Crippen LogP) is 3.19. The topological polar surface area (TPSA) is 44.1 Å². The third kappa shape index (κ3) is 3.13. The second-order valence-corrected chi connectivity index (χ2v) is 5.98. The van der Waals surface area contributed by atoms with Gasteiger partial charge in [0, 0.05) is 0 Å². The van der Waals surface area contributed by atoms with E-state index in [4.69, 9.17) is 4.74 Å². The largest absolute Gasteiger partial charge is 0.464 e. The number of aromatic nitrogens is 2. The minimum atomic E-state index is -0.366. The van der Waals surface area contributed by atoms with Crippen LogP contribution in [0.15, 0.2) is 30.6 Å². The normalized spacial score (nSPS) is 13.5. The molecule has 102 valence electrons. The van der Waals surface area contributed by atoms with Gasteiger partial charge in [-0.2, -0.15) is 0 Å². The number of hydrogen-bond acceptors (Lipinski definition) is 3. The lowest BCUT2D eigenvalue weighted by Gasteiger charge is -2.20. The zero-order chi connectivity index (χ0) is 14.0. The summed E-state index contributed by atoms with van der Waals surface area (Å²) in [5.41, 5.74) is 1.81. The van der Waals surface area contributed by atoms with Gasteiger partial charge in [-0.1, -0.05) is 32.9 Å². The first kappa shape index (κ1) is 13.6. The quantitative estimate of drug-likeness (QED) is 0.796. The third-order valence-corrected chi connectivity index (χ3v) is 2.89. The molecule has 4 nitrogen and oxygen atoms in total.